The minimum atomic E-state index is 0.535. The summed E-state index contributed by atoms with van der Waals surface area (Å²) in [5.74, 6) is 1.67. The summed E-state index contributed by atoms with van der Waals surface area (Å²) in [5.41, 5.74) is 2.39. The van der Waals surface area contributed by atoms with E-state index in [0.29, 0.717) is 6.04 Å². The van der Waals surface area contributed by atoms with Crippen molar-refractivity contribution < 1.29 is 0 Å². The van der Waals surface area contributed by atoms with Crippen molar-refractivity contribution in [2.75, 3.05) is 42.9 Å². The smallest absolute Gasteiger partial charge is 0.223 e. The molecule has 1 aliphatic heterocycles. The first-order valence-corrected chi connectivity index (χ1v) is 10.8. The van der Waals surface area contributed by atoms with Crippen LogP contribution in [0.25, 0.3) is 0 Å². The third kappa shape index (κ3) is 5.22. The standard InChI is InChI=1S/C23H33N5/c1-19-11-13-24-23(25-19)26-21-9-7-20(8-10-21)12-14-27-15-17-28(18-16-27)22-5-3-2-4-6-22/h2-6,11,13,20-21H,7-10,12,14-18H2,1H3,(H,24,25,26)/t20-,21-. The number of hydrogen-bond acceptors (Lipinski definition) is 5. The zero-order valence-electron chi connectivity index (χ0n) is 17.1. The van der Waals surface area contributed by atoms with E-state index < -0.39 is 0 Å². The molecule has 1 aromatic carbocycles. The Morgan fingerprint density at radius 1 is 0.964 bits per heavy atom. The molecule has 0 bridgehead atoms. The predicted octanol–water partition coefficient (Wildman–Crippen LogP) is 3.97. The molecule has 28 heavy (non-hydrogen) atoms. The number of aryl methyl sites for hydroxylation is 1. The number of piperazine rings is 1. The van der Waals surface area contributed by atoms with E-state index in [9.17, 15) is 0 Å². The molecular weight excluding hydrogens is 346 g/mol. The third-order valence-corrected chi connectivity index (χ3v) is 6.32. The Hall–Kier alpha value is -2.14. The lowest BCUT2D eigenvalue weighted by Gasteiger charge is -2.37. The lowest BCUT2D eigenvalue weighted by molar-refractivity contribution is 0.218. The molecule has 2 heterocycles. The van der Waals surface area contributed by atoms with Gasteiger partial charge < -0.3 is 10.2 Å². The van der Waals surface area contributed by atoms with Crippen molar-refractivity contribution >= 4 is 11.6 Å². The van der Waals surface area contributed by atoms with Gasteiger partial charge in [-0.05, 0) is 69.7 Å². The van der Waals surface area contributed by atoms with Crippen LogP contribution in [0.15, 0.2) is 42.6 Å². The average molecular weight is 380 g/mol. The van der Waals surface area contributed by atoms with E-state index >= 15 is 0 Å². The van der Waals surface area contributed by atoms with Crippen molar-refractivity contribution in [2.24, 2.45) is 5.92 Å². The minimum Gasteiger partial charge on any atom is -0.369 e. The molecule has 5 heteroatoms. The lowest BCUT2D eigenvalue weighted by atomic mass is 9.84. The van der Waals surface area contributed by atoms with Crippen molar-refractivity contribution in [3.05, 3.63) is 48.3 Å². The fourth-order valence-electron chi connectivity index (χ4n) is 4.53. The molecule has 1 N–H and O–H groups in total. The van der Waals surface area contributed by atoms with Crippen LogP contribution in [0.3, 0.4) is 0 Å². The van der Waals surface area contributed by atoms with Crippen LogP contribution in [0.1, 0.15) is 37.8 Å². The van der Waals surface area contributed by atoms with Crippen molar-refractivity contribution in [3.8, 4) is 0 Å². The van der Waals surface area contributed by atoms with E-state index in [1.165, 1.54) is 57.4 Å². The summed E-state index contributed by atoms with van der Waals surface area (Å²) in [5, 5.41) is 3.53. The quantitative estimate of drug-likeness (QED) is 0.823. The summed E-state index contributed by atoms with van der Waals surface area (Å²) in [6.07, 6.45) is 8.32. The fourth-order valence-corrected chi connectivity index (χ4v) is 4.53. The molecule has 0 spiro atoms. The van der Waals surface area contributed by atoms with E-state index in [2.05, 4.69) is 55.4 Å². The Morgan fingerprint density at radius 2 is 1.71 bits per heavy atom. The first-order chi connectivity index (χ1) is 13.8. The molecule has 0 atom stereocenters. The summed E-state index contributed by atoms with van der Waals surface area (Å²) in [7, 11) is 0. The van der Waals surface area contributed by atoms with E-state index in [-0.39, 0.29) is 0 Å². The molecule has 150 valence electrons. The van der Waals surface area contributed by atoms with Gasteiger partial charge in [0.2, 0.25) is 5.95 Å². The first-order valence-electron chi connectivity index (χ1n) is 10.8. The van der Waals surface area contributed by atoms with Crippen LogP contribution in [0, 0.1) is 12.8 Å². The van der Waals surface area contributed by atoms with Crippen LogP contribution < -0.4 is 10.2 Å². The van der Waals surface area contributed by atoms with Gasteiger partial charge in [-0.15, -0.1) is 0 Å². The molecule has 5 nitrogen and oxygen atoms in total. The molecule has 0 radical (unpaired) electrons. The van der Waals surface area contributed by atoms with Crippen LogP contribution >= 0.6 is 0 Å². The molecule has 0 unspecified atom stereocenters. The SMILES string of the molecule is Cc1ccnc(N[C@H]2CC[C@H](CCN3CCN(c4ccccc4)CC3)CC2)n1. The van der Waals surface area contributed by atoms with Gasteiger partial charge in [-0.1, -0.05) is 18.2 Å². The molecule has 2 aliphatic rings. The van der Waals surface area contributed by atoms with Crippen molar-refractivity contribution in [1.29, 1.82) is 0 Å². The number of para-hydroxylation sites is 1. The number of anilines is 2. The van der Waals surface area contributed by atoms with Gasteiger partial charge in [0.25, 0.3) is 0 Å². The van der Waals surface area contributed by atoms with E-state index in [1.807, 2.05) is 19.2 Å². The van der Waals surface area contributed by atoms with Crippen LogP contribution in [0.4, 0.5) is 11.6 Å². The number of nitrogens with one attached hydrogen (secondary N) is 1. The van der Waals surface area contributed by atoms with Crippen LogP contribution in [-0.2, 0) is 0 Å². The van der Waals surface area contributed by atoms with Crippen LogP contribution in [0.2, 0.25) is 0 Å². The maximum atomic E-state index is 4.48. The number of aromatic nitrogens is 2. The average Bonchev–Trinajstić information content (AvgIpc) is 2.74. The highest BCUT2D eigenvalue weighted by molar-refractivity contribution is 5.46. The van der Waals surface area contributed by atoms with E-state index in [1.54, 1.807) is 0 Å². The van der Waals surface area contributed by atoms with Crippen LogP contribution in [0.5, 0.6) is 0 Å². The first kappa shape index (κ1) is 19.2. The zero-order chi connectivity index (χ0) is 19.2. The van der Waals surface area contributed by atoms with Crippen molar-refractivity contribution in [1.82, 2.24) is 14.9 Å². The number of nitrogens with zero attached hydrogens (tertiary/aromatic N) is 4. The van der Waals surface area contributed by atoms with Crippen molar-refractivity contribution in [3.63, 3.8) is 0 Å². The van der Waals surface area contributed by atoms with Gasteiger partial charge in [-0.25, -0.2) is 9.97 Å². The van der Waals surface area contributed by atoms with Gasteiger partial charge in [0.15, 0.2) is 0 Å². The monoisotopic (exact) mass is 379 g/mol. The number of benzene rings is 1. The summed E-state index contributed by atoms with van der Waals surface area (Å²) < 4.78 is 0. The van der Waals surface area contributed by atoms with E-state index in [0.717, 1.165) is 30.6 Å². The molecule has 1 saturated heterocycles. The summed E-state index contributed by atoms with van der Waals surface area (Å²) in [4.78, 5) is 14.0. The summed E-state index contributed by atoms with van der Waals surface area (Å²) >= 11 is 0. The van der Waals surface area contributed by atoms with Gasteiger partial charge in [0.1, 0.15) is 0 Å². The fraction of sp³-hybridized carbons (Fsp3) is 0.565. The largest absolute Gasteiger partial charge is 0.369 e. The third-order valence-electron chi connectivity index (χ3n) is 6.32. The Labute approximate surface area is 169 Å². The molecule has 1 saturated carbocycles. The molecule has 2 aromatic rings. The number of rotatable bonds is 6. The topological polar surface area (TPSA) is 44.3 Å². The zero-order valence-corrected chi connectivity index (χ0v) is 17.1. The Morgan fingerprint density at radius 3 is 2.43 bits per heavy atom. The predicted molar refractivity (Wildman–Crippen MR) is 116 cm³/mol. The maximum Gasteiger partial charge on any atom is 0.223 e. The normalized spacial score (nSPS) is 23.5. The summed E-state index contributed by atoms with van der Waals surface area (Å²) in [6, 6.07) is 13.3. The molecular formula is C23H33N5. The van der Waals surface area contributed by atoms with Gasteiger partial charge in [-0.2, -0.15) is 0 Å². The maximum absolute atomic E-state index is 4.48. The number of hydrogen-bond donors (Lipinski definition) is 1. The molecule has 1 aromatic heterocycles. The van der Waals surface area contributed by atoms with E-state index in [4.69, 9.17) is 0 Å². The van der Waals surface area contributed by atoms with Gasteiger partial charge >= 0.3 is 0 Å². The Bertz CT molecular complexity index is 719. The summed E-state index contributed by atoms with van der Waals surface area (Å²) in [6.45, 7) is 7.96. The molecule has 4 rings (SSSR count). The minimum absolute atomic E-state index is 0.535. The second-order valence-corrected chi connectivity index (χ2v) is 8.34. The lowest BCUT2D eigenvalue weighted by Crippen LogP contribution is -2.47. The second-order valence-electron chi connectivity index (χ2n) is 8.34. The van der Waals surface area contributed by atoms with Gasteiger partial charge in [0, 0.05) is 49.8 Å². The Balaban J connectivity index is 1.14. The van der Waals surface area contributed by atoms with Crippen molar-refractivity contribution in [2.45, 2.75) is 45.1 Å². The molecule has 0 amide bonds. The molecule has 2 fully saturated rings. The highest BCUT2D eigenvalue weighted by atomic mass is 15.3. The highest BCUT2D eigenvalue weighted by Gasteiger charge is 2.23. The Kier molecular flexibility index (Phi) is 6.42. The highest BCUT2D eigenvalue weighted by Crippen LogP contribution is 2.28. The van der Waals surface area contributed by atoms with Gasteiger partial charge in [-0.3, -0.25) is 4.90 Å². The van der Waals surface area contributed by atoms with Gasteiger partial charge in [0.05, 0.1) is 0 Å². The van der Waals surface area contributed by atoms with Crippen LogP contribution in [-0.4, -0.2) is 53.6 Å². The second kappa shape index (κ2) is 9.37. The molecule has 1 aliphatic carbocycles.